The quantitative estimate of drug-likeness (QED) is 0.771. The first-order chi connectivity index (χ1) is 10.1. The van der Waals surface area contributed by atoms with Crippen molar-refractivity contribution in [3.8, 4) is 0 Å². The van der Waals surface area contributed by atoms with Crippen LogP contribution in [-0.2, 0) is 9.59 Å². The van der Waals surface area contributed by atoms with Gasteiger partial charge in [-0.2, -0.15) is 0 Å². The summed E-state index contributed by atoms with van der Waals surface area (Å²) < 4.78 is 0. The van der Waals surface area contributed by atoms with Gasteiger partial charge >= 0.3 is 5.97 Å². The first kappa shape index (κ1) is 14.7. The normalized spacial score (nSPS) is 15.6. The number of nitrogens with zero attached hydrogens (tertiary/aromatic N) is 2. The van der Waals surface area contributed by atoms with Gasteiger partial charge in [-0.1, -0.05) is 6.07 Å². The molecule has 1 aliphatic heterocycles. The molecule has 2 N–H and O–H groups in total. The summed E-state index contributed by atoms with van der Waals surface area (Å²) in [6, 6.07) is 3.26. The van der Waals surface area contributed by atoms with E-state index in [4.69, 9.17) is 5.11 Å². The van der Waals surface area contributed by atoms with E-state index >= 15 is 0 Å². The summed E-state index contributed by atoms with van der Waals surface area (Å²) in [6.07, 6.45) is 4.02. The molecule has 1 aliphatic rings. The number of amides is 2. The van der Waals surface area contributed by atoms with Gasteiger partial charge in [0.25, 0.3) is 5.91 Å². The van der Waals surface area contributed by atoms with Gasteiger partial charge < -0.3 is 15.3 Å². The molecule has 0 atom stereocenters. The molecule has 1 aromatic rings. The lowest BCUT2D eigenvalue weighted by atomic mass is 10.1. The van der Waals surface area contributed by atoms with Gasteiger partial charge in [0.1, 0.15) is 5.69 Å². The Morgan fingerprint density at radius 1 is 1.38 bits per heavy atom. The fraction of sp³-hybridized carbons (Fsp3) is 0.286. The molecular formula is C14H15N3O4. The molecule has 0 aliphatic carbocycles. The monoisotopic (exact) mass is 289 g/mol. The van der Waals surface area contributed by atoms with E-state index in [-0.39, 0.29) is 23.9 Å². The topological polar surface area (TPSA) is 99.6 Å². The molecule has 1 saturated heterocycles. The van der Waals surface area contributed by atoms with Crippen LogP contribution in [0.5, 0.6) is 0 Å². The highest BCUT2D eigenvalue weighted by atomic mass is 16.4. The molecule has 7 nitrogen and oxygen atoms in total. The third-order valence-electron chi connectivity index (χ3n) is 3.05. The number of nitrogens with one attached hydrogen (secondary N) is 1. The predicted molar refractivity (Wildman–Crippen MR) is 74.4 cm³/mol. The largest absolute Gasteiger partial charge is 0.478 e. The minimum Gasteiger partial charge on any atom is -0.478 e. The Labute approximate surface area is 121 Å². The van der Waals surface area contributed by atoms with Crippen LogP contribution in [0, 0.1) is 0 Å². The molecule has 0 bridgehead atoms. The van der Waals surface area contributed by atoms with Crippen molar-refractivity contribution in [2.45, 2.75) is 6.42 Å². The molecule has 110 valence electrons. The minimum absolute atomic E-state index is 0.0858. The maximum atomic E-state index is 12.5. The van der Waals surface area contributed by atoms with Crippen LogP contribution in [0.1, 0.15) is 22.5 Å². The van der Waals surface area contributed by atoms with Crippen molar-refractivity contribution in [2.75, 3.05) is 19.6 Å². The number of rotatable bonds is 3. The van der Waals surface area contributed by atoms with Crippen molar-refractivity contribution in [1.29, 1.82) is 0 Å². The lowest BCUT2D eigenvalue weighted by Crippen LogP contribution is -2.35. The minimum atomic E-state index is -1.10. The lowest BCUT2D eigenvalue weighted by molar-refractivity contribution is -0.131. The maximum Gasteiger partial charge on any atom is 0.328 e. The van der Waals surface area contributed by atoms with Crippen LogP contribution in [0.3, 0.4) is 0 Å². The second-order valence-electron chi connectivity index (χ2n) is 4.50. The number of hydrogen-bond acceptors (Lipinski definition) is 4. The van der Waals surface area contributed by atoms with E-state index in [2.05, 4.69) is 10.3 Å². The van der Waals surface area contributed by atoms with Gasteiger partial charge in [0.2, 0.25) is 5.91 Å². The maximum absolute atomic E-state index is 12.5. The van der Waals surface area contributed by atoms with E-state index in [0.717, 1.165) is 6.08 Å². The molecule has 2 rings (SSSR count). The van der Waals surface area contributed by atoms with Crippen LogP contribution in [0.2, 0.25) is 0 Å². The molecule has 1 fully saturated rings. The van der Waals surface area contributed by atoms with Crippen molar-refractivity contribution < 1.29 is 19.5 Å². The fourth-order valence-corrected chi connectivity index (χ4v) is 2.01. The van der Waals surface area contributed by atoms with Gasteiger partial charge in [-0.25, -0.2) is 4.79 Å². The zero-order valence-electron chi connectivity index (χ0n) is 11.3. The summed E-state index contributed by atoms with van der Waals surface area (Å²) in [7, 11) is 0. The Hall–Kier alpha value is -2.70. The molecule has 0 spiro atoms. The fourth-order valence-electron chi connectivity index (χ4n) is 2.01. The Morgan fingerprint density at radius 2 is 2.19 bits per heavy atom. The zero-order chi connectivity index (χ0) is 15.2. The van der Waals surface area contributed by atoms with E-state index in [0.29, 0.717) is 25.2 Å². The standard InChI is InChI=1S/C14H15N3O4/c18-11-5-8-17(9-7-15-11)14(21)13-10(2-1-6-16-13)3-4-12(19)20/h1-4,6H,5,7-9H2,(H,15,18)(H,19,20)/b4-3+. The van der Waals surface area contributed by atoms with Gasteiger partial charge in [-0.05, 0) is 12.1 Å². The molecule has 21 heavy (non-hydrogen) atoms. The van der Waals surface area contributed by atoms with Gasteiger partial charge in [0, 0.05) is 43.9 Å². The third-order valence-corrected chi connectivity index (χ3v) is 3.05. The van der Waals surface area contributed by atoms with Crippen LogP contribution in [0.15, 0.2) is 24.4 Å². The summed E-state index contributed by atoms with van der Waals surface area (Å²) in [6.45, 7) is 1.13. The highest BCUT2D eigenvalue weighted by Gasteiger charge is 2.22. The van der Waals surface area contributed by atoms with E-state index in [1.54, 1.807) is 17.0 Å². The van der Waals surface area contributed by atoms with Crippen molar-refractivity contribution in [3.05, 3.63) is 35.7 Å². The molecule has 1 aromatic heterocycles. The third kappa shape index (κ3) is 3.88. The van der Waals surface area contributed by atoms with Crippen molar-refractivity contribution in [2.24, 2.45) is 0 Å². The molecule has 0 unspecified atom stereocenters. The SMILES string of the molecule is O=C(O)/C=C/c1cccnc1C(=O)N1CCNC(=O)CC1. The Morgan fingerprint density at radius 3 is 2.95 bits per heavy atom. The number of carboxylic acids is 1. The second-order valence-corrected chi connectivity index (χ2v) is 4.50. The van der Waals surface area contributed by atoms with Crippen LogP contribution in [0.25, 0.3) is 6.08 Å². The van der Waals surface area contributed by atoms with E-state index in [1.807, 2.05) is 0 Å². The lowest BCUT2D eigenvalue weighted by Gasteiger charge is -2.19. The molecule has 2 amide bonds. The van der Waals surface area contributed by atoms with Gasteiger partial charge in [-0.15, -0.1) is 0 Å². The highest BCUT2D eigenvalue weighted by molar-refractivity contribution is 5.97. The summed E-state index contributed by atoms with van der Waals surface area (Å²) in [5, 5.41) is 11.4. The number of aliphatic carboxylic acids is 1. The average molecular weight is 289 g/mol. The van der Waals surface area contributed by atoms with E-state index in [9.17, 15) is 14.4 Å². The van der Waals surface area contributed by atoms with E-state index < -0.39 is 5.97 Å². The average Bonchev–Trinajstić information content (AvgIpc) is 2.69. The summed E-state index contributed by atoms with van der Waals surface area (Å²) in [5.41, 5.74) is 0.623. The van der Waals surface area contributed by atoms with Crippen molar-refractivity contribution in [1.82, 2.24) is 15.2 Å². The van der Waals surface area contributed by atoms with Crippen LogP contribution >= 0.6 is 0 Å². The predicted octanol–water partition coefficient (Wildman–Crippen LogP) is 0.142. The van der Waals surface area contributed by atoms with Crippen molar-refractivity contribution in [3.63, 3.8) is 0 Å². The first-order valence-electron chi connectivity index (χ1n) is 6.50. The second kappa shape index (κ2) is 6.65. The summed E-state index contributed by atoms with van der Waals surface area (Å²) in [4.78, 5) is 39.9. The van der Waals surface area contributed by atoms with Crippen molar-refractivity contribution >= 4 is 23.9 Å². The molecule has 2 heterocycles. The van der Waals surface area contributed by atoms with Gasteiger partial charge in [0.05, 0.1) is 0 Å². The van der Waals surface area contributed by atoms with E-state index in [1.165, 1.54) is 12.3 Å². The molecule has 0 aromatic carbocycles. The number of carbonyl (C=O) groups is 3. The number of carboxylic acid groups (broad SMARTS) is 1. The summed E-state index contributed by atoms with van der Waals surface area (Å²) >= 11 is 0. The highest BCUT2D eigenvalue weighted by Crippen LogP contribution is 2.12. The number of aromatic nitrogens is 1. The Bertz CT molecular complexity index is 598. The van der Waals surface area contributed by atoms with Gasteiger partial charge in [0.15, 0.2) is 0 Å². The number of pyridine rings is 1. The van der Waals surface area contributed by atoms with Crippen LogP contribution in [-0.4, -0.2) is 52.4 Å². The van der Waals surface area contributed by atoms with Crippen LogP contribution in [0.4, 0.5) is 0 Å². The summed E-state index contributed by atoms with van der Waals surface area (Å²) in [5.74, 6) is -1.49. The Kier molecular flexibility index (Phi) is 4.65. The molecule has 0 saturated carbocycles. The number of carbonyl (C=O) groups excluding carboxylic acids is 2. The molecule has 0 radical (unpaired) electrons. The zero-order valence-corrected chi connectivity index (χ0v) is 11.3. The Balaban J connectivity index is 2.22. The number of hydrogen-bond donors (Lipinski definition) is 2. The molecule has 7 heteroatoms. The van der Waals surface area contributed by atoms with Gasteiger partial charge in [-0.3, -0.25) is 14.6 Å². The molecular weight excluding hydrogens is 274 g/mol. The smallest absolute Gasteiger partial charge is 0.328 e. The van der Waals surface area contributed by atoms with Crippen LogP contribution < -0.4 is 5.32 Å². The first-order valence-corrected chi connectivity index (χ1v) is 6.50.